The Kier molecular flexibility index (Phi) is 6.38. The summed E-state index contributed by atoms with van der Waals surface area (Å²) in [5, 5.41) is 3.88. The summed E-state index contributed by atoms with van der Waals surface area (Å²) in [5.41, 5.74) is 8.88. The van der Waals surface area contributed by atoms with Gasteiger partial charge in [0.25, 0.3) is 0 Å². The highest BCUT2D eigenvalue weighted by Gasteiger charge is 2.20. The summed E-state index contributed by atoms with van der Waals surface area (Å²) in [7, 11) is 0. The van der Waals surface area contributed by atoms with E-state index in [9.17, 15) is 0 Å². The minimum Gasteiger partial charge on any atom is -0.456 e. The highest BCUT2D eigenvalue weighted by Crippen LogP contribution is 2.41. The second-order valence-electron chi connectivity index (χ2n) is 12.9. The Balaban J connectivity index is 1.07. The number of rotatable bonds is 5. The zero-order valence-corrected chi connectivity index (χ0v) is 27.9. The van der Waals surface area contributed by atoms with Crippen molar-refractivity contribution in [1.29, 1.82) is 0 Å². The highest BCUT2D eigenvalue weighted by atomic mass is 16.4. The van der Waals surface area contributed by atoms with Crippen LogP contribution in [0.5, 0.6) is 0 Å². The van der Waals surface area contributed by atoms with Crippen molar-refractivity contribution in [1.82, 2.24) is 24.9 Å². The lowest BCUT2D eigenvalue weighted by Crippen LogP contribution is -2.00. The summed E-state index contributed by atoms with van der Waals surface area (Å²) < 4.78 is 18.9. The van der Waals surface area contributed by atoms with Crippen LogP contribution in [0.1, 0.15) is 0 Å². The van der Waals surface area contributed by atoms with Crippen LogP contribution >= 0.6 is 0 Å². The number of nitrogens with zero attached hydrogens (tertiary/aromatic N) is 5. The zero-order valence-electron chi connectivity index (χ0n) is 27.9. The number of aromatic nitrogens is 5. The van der Waals surface area contributed by atoms with Crippen molar-refractivity contribution >= 4 is 54.9 Å². The quantitative estimate of drug-likeness (QED) is 0.176. The van der Waals surface area contributed by atoms with E-state index >= 15 is 0 Å². The molecule has 0 fully saturated rings. The van der Waals surface area contributed by atoms with Crippen LogP contribution in [0.3, 0.4) is 0 Å². The molecule has 8 nitrogen and oxygen atoms in total. The topological polar surface area (TPSA) is 104 Å². The number of furan rings is 1. The largest absolute Gasteiger partial charge is 0.456 e. The van der Waals surface area contributed by atoms with Crippen molar-refractivity contribution in [2.24, 2.45) is 0 Å². The third-order valence-corrected chi connectivity index (χ3v) is 9.60. The monoisotopic (exact) mass is 683 g/mol. The predicted molar refractivity (Wildman–Crippen MR) is 207 cm³/mol. The zero-order chi connectivity index (χ0) is 34.9. The fourth-order valence-electron chi connectivity index (χ4n) is 7.01. The van der Waals surface area contributed by atoms with Crippen LogP contribution in [0, 0.1) is 0 Å². The molecule has 0 radical (unpaired) electrons. The maximum absolute atomic E-state index is 6.47. The fraction of sp³-hybridized carbons (Fsp3) is 0. The first-order valence-electron chi connectivity index (χ1n) is 17.2. The predicted octanol–water partition coefficient (Wildman–Crippen LogP) is 11.5. The molecule has 0 aliphatic heterocycles. The van der Waals surface area contributed by atoms with Crippen LogP contribution in [0.2, 0.25) is 0 Å². The number of oxazole rings is 2. The van der Waals surface area contributed by atoms with Crippen molar-refractivity contribution in [3.63, 3.8) is 0 Å². The van der Waals surface area contributed by atoms with Gasteiger partial charge in [-0.3, -0.25) is 0 Å². The van der Waals surface area contributed by atoms with Crippen LogP contribution in [0.4, 0.5) is 0 Å². The molecule has 4 aromatic heterocycles. The van der Waals surface area contributed by atoms with Gasteiger partial charge in [-0.25, -0.2) is 24.9 Å². The molecule has 0 bridgehead atoms. The summed E-state index contributed by atoms with van der Waals surface area (Å²) in [6.45, 7) is 0. The van der Waals surface area contributed by atoms with E-state index in [1.54, 1.807) is 0 Å². The van der Waals surface area contributed by atoms with Crippen molar-refractivity contribution in [3.05, 3.63) is 152 Å². The Morgan fingerprint density at radius 3 is 1.66 bits per heavy atom. The lowest BCUT2D eigenvalue weighted by atomic mass is 10.0. The van der Waals surface area contributed by atoms with Gasteiger partial charge in [0.05, 0.1) is 5.39 Å². The molecule has 0 aliphatic rings. The number of hydrogen-bond donors (Lipinski definition) is 0. The van der Waals surface area contributed by atoms with Crippen molar-refractivity contribution in [2.75, 3.05) is 0 Å². The minimum atomic E-state index is 0.555. The lowest BCUT2D eigenvalue weighted by molar-refractivity contribution is 0.620. The molecule has 0 N–H and O–H groups in total. The van der Waals surface area contributed by atoms with Crippen molar-refractivity contribution in [3.8, 4) is 57.1 Å². The Hall–Kier alpha value is -7.45. The van der Waals surface area contributed by atoms with Crippen LogP contribution in [-0.4, -0.2) is 24.9 Å². The Bertz CT molecular complexity index is 3130. The maximum atomic E-state index is 6.47. The number of hydrogen-bond acceptors (Lipinski definition) is 8. The molecule has 0 saturated carbocycles. The van der Waals surface area contributed by atoms with Crippen molar-refractivity contribution < 1.29 is 13.3 Å². The van der Waals surface area contributed by atoms with E-state index in [1.807, 2.05) is 127 Å². The lowest BCUT2D eigenvalue weighted by Gasteiger charge is -2.10. The van der Waals surface area contributed by atoms with E-state index in [0.29, 0.717) is 34.8 Å². The molecular formula is C45H25N5O3. The molecule has 0 unspecified atom stereocenters. The molecule has 11 rings (SSSR count). The van der Waals surface area contributed by atoms with E-state index in [0.717, 1.165) is 77.1 Å². The Morgan fingerprint density at radius 1 is 0.340 bits per heavy atom. The molecule has 7 aromatic carbocycles. The minimum absolute atomic E-state index is 0.555. The second kappa shape index (κ2) is 11.5. The fourth-order valence-corrected chi connectivity index (χ4v) is 7.01. The first-order chi connectivity index (χ1) is 26.2. The molecule has 11 aromatic rings. The number of fused-ring (bicyclic) bond motifs is 8. The van der Waals surface area contributed by atoms with Gasteiger partial charge in [0, 0.05) is 33.2 Å². The number of para-hydroxylation sites is 2. The standard InChI is InChI=1S/C45H25N5O3/c1-3-9-27(10-4-1)41-48-42(28-16-18-30(19-17-28)44-46-33-13-7-8-14-35(33)52-44)50-43(49-41)31-20-15-26-21-23-36-38(32(26)25-31)39-37(51-36)24-22-34-40(39)53-45(47-34)29-11-5-2-6-12-29/h1-25H. The molecule has 0 atom stereocenters. The molecule has 0 amide bonds. The smallest absolute Gasteiger partial charge is 0.227 e. The summed E-state index contributed by atoms with van der Waals surface area (Å²) in [4.78, 5) is 24.5. The molecule has 4 heterocycles. The van der Waals surface area contributed by atoms with Gasteiger partial charge in [-0.1, -0.05) is 91.0 Å². The molecule has 248 valence electrons. The Morgan fingerprint density at radius 2 is 0.887 bits per heavy atom. The van der Waals surface area contributed by atoms with Gasteiger partial charge in [0.2, 0.25) is 11.8 Å². The van der Waals surface area contributed by atoms with Crippen LogP contribution in [0.25, 0.3) is 112 Å². The van der Waals surface area contributed by atoms with E-state index in [4.69, 9.17) is 33.2 Å². The average Bonchev–Trinajstić information content (AvgIpc) is 3.97. The van der Waals surface area contributed by atoms with Gasteiger partial charge in [0.1, 0.15) is 22.2 Å². The van der Waals surface area contributed by atoms with Gasteiger partial charge >= 0.3 is 0 Å². The van der Waals surface area contributed by atoms with E-state index in [1.165, 1.54) is 0 Å². The van der Waals surface area contributed by atoms with Gasteiger partial charge in [-0.05, 0) is 71.4 Å². The third kappa shape index (κ3) is 4.88. The third-order valence-electron chi connectivity index (χ3n) is 9.60. The van der Waals surface area contributed by atoms with Gasteiger partial charge in [0.15, 0.2) is 28.6 Å². The van der Waals surface area contributed by atoms with Crippen LogP contribution in [-0.2, 0) is 0 Å². The van der Waals surface area contributed by atoms with E-state index in [2.05, 4.69) is 29.2 Å². The van der Waals surface area contributed by atoms with Crippen molar-refractivity contribution in [2.45, 2.75) is 0 Å². The highest BCUT2D eigenvalue weighted by molar-refractivity contribution is 6.25. The Labute approximate surface area is 301 Å². The van der Waals surface area contributed by atoms with E-state index < -0.39 is 0 Å². The first-order valence-corrected chi connectivity index (χ1v) is 17.2. The van der Waals surface area contributed by atoms with Crippen LogP contribution in [0.15, 0.2) is 165 Å². The summed E-state index contributed by atoms with van der Waals surface area (Å²) >= 11 is 0. The molecule has 53 heavy (non-hydrogen) atoms. The number of benzene rings is 7. The van der Waals surface area contributed by atoms with Gasteiger partial charge in [-0.15, -0.1) is 0 Å². The summed E-state index contributed by atoms with van der Waals surface area (Å²) in [5.74, 6) is 2.82. The normalized spacial score (nSPS) is 11.8. The maximum Gasteiger partial charge on any atom is 0.227 e. The molecule has 0 spiro atoms. The van der Waals surface area contributed by atoms with Crippen LogP contribution < -0.4 is 0 Å². The van der Waals surface area contributed by atoms with Gasteiger partial charge in [-0.2, -0.15) is 0 Å². The summed E-state index contributed by atoms with van der Waals surface area (Å²) in [6, 6.07) is 49.9. The molecule has 0 saturated heterocycles. The average molecular weight is 684 g/mol. The molecule has 0 aliphatic carbocycles. The SMILES string of the molecule is c1ccc(-c2nc(-c3ccc(-c4nc5ccccc5o4)cc3)nc(-c3ccc4ccc5oc6ccc7nc(-c8ccccc8)oc7c6c5c4c3)n2)cc1. The molecular weight excluding hydrogens is 659 g/mol. The second-order valence-corrected chi connectivity index (χ2v) is 12.9. The summed E-state index contributed by atoms with van der Waals surface area (Å²) in [6.07, 6.45) is 0. The van der Waals surface area contributed by atoms with Gasteiger partial charge < -0.3 is 13.3 Å². The first kappa shape index (κ1) is 29.3. The van der Waals surface area contributed by atoms with E-state index in [-0.39, 0.29) is 0 Å². The molecule has 8 heteroatoms.